The normalized spacial score (nSPS) is 14.8. The third-order valence-electron chi connectivity index (χ3n) is 4.37. The predicted octanol–water partition coefficient (Wildman–Crippen LogP) is -4.76. The van der Waals surface area contributed by atoms with Crippen molar-refractivity contribution >= 4 is 41.6 Å². The number of hydrogen-bond acceptors (Lipinski definition) is 9. The summed E-state index contributed by atoms with van der Waals surface area (Å²) in [6, 6.07) is -6.55. The molecule has 13 N–H and O–H groups in total. The van der Waals surface area contributed by atoms with Gasteiger partial charge in [0, 0.05) is 6.54 Å². The standard InChI is InChI=1S/C18H31N7O10/c1-7(26)13(25-14(31)8(19)3-2-4-22-18(20)21)16(33)23-9(5-11(27)28)15(32)24-10(17(34)35)6-12(29)30/h7-10,13,26H,2-6,19H2,1H3,(H,23,33)(H,24,32)(H,25,31)(H,27,28)(H,29,30)(H,34,35)(H4,20,21,22). The quantitative estimate of drug-likeness (QED) is 0.0535. The largest absolute Gasteiger partial charge is 0.481 e. The van der Waals surface area contributed by atoms with E-state index in [9.17, 15) is 33.9 Å². The number of carboxylic acid groups (broad SMARTS) is 3. The number of amides is 3. The van der Waals surface area contributed by atoms with Gasteiger partial charge in [-0.1, -0.05) is 0 Å². The molecular formula is C18H31N7O10. The maximum Gasteiger partial charge on any atom is 0.326 e. The van der Waals surface area contributed by atoms with Gasteiger partial charge in [-0.05, 0) is 19.8 Å². The number of carbonyl (C=O) groups is 6. The Labute approximate surface area is 199 Å². The molecule has 0 aromatic heterocycles. The maximum atomic E-state index is 12.6. The van der Waals surface area contributed by atoms with E-state index >= 15 is 0 Å². The Bertz CT molecular complexity index is 828. The number of aliphatic imine (C=N–C) groups is 1. The number of guanidine groups is 1. The van der Waals surface area contributed by atoms with Gasteiger partial charge in [0.25, 0.3) is 0 Å². The Hall–Kier alpha value is -3.99. The highest BCUT2D eigenvalue weighted by Gasteiger charge is 2.33. The molecule has 0 saturated carbocycles. The summed E-state index contributed by atoms with van der Waals surface area (Å²) in [4.78, 5) is 74.1. The summed E-state index contributed by atoms with van der Waals surface area (Å²) in [5.41, 5.74) is 16.1. The van der Waals surface area contributed by atoms with Crippen molar-refractivity contribution in [1.82, 2.24) is 16.0 Å². The molecule has 0 heterocycles. The molecule has 17 heteroatoms. The number of carbonyl (C=O) groups excluding carboxylic acids is 3. The third kappa shape index (κ3) is 12.7. The molecule has 0 aliphatic rings. The van der Waals surface area contributed by atoms with E-state index in [0.717, 1.165) is 6.92 Å². The fraction of sp³-hybridized carbons (Fsp3) is 0.611. The Morgan fingerprint density at radius 1 is 0.829 bits per heavy atom. The number of nitrogens with one attached hydrogen (secondary N) is 3. The topological polar surface area (TPSA) is 310 Å². The minimum Gasteiger partial charge on any atom is -0.481 e. The van der Waals surface area contributed by atoms with Crippen LogP contribution in [0.4, 0.5) is 0 Å². The molecule has 17 nitrogen and oxygen atoms in total. The first-order valence-corrected chi connectivity index (χ1v) is 10.2. The van der Waals surface area contributed by atoms with E-state index in [2.05, 4.69) is 10.3 Å². The molecule has 0 saturated heterocycles. The van der Waals surface area contributed by atoms with E-state index in [1.165, 1.54) is 0 Å². The van der Waals surface area contributed by atoms with E-state index in [1.54, 1.807) is 0 Å². The molecule has 0 spiro atoms. The van der Waals surface area contributed by atoms with Crippen molar-refractivity contribution in [3.63, 3.8) is 0 Å². The second-order valence-electron chi connectivity index (χ2n) is 7.44. The van der Waals surface area contributed by atoms with E-state index in [4.69, 9.17) is 32.5 Å². The lowest BCUT2D eigenvalue weighted by molar-refractivity contribution is -0.148. The van der Waals surface area contributed by atoms with Crippen LogP contribution >= 0.6 is 0 Å². The van der Waals surface area contributed by atoms with Crippen LogP contribution in [0.2, 0.25) is 0 Å². The van der Waals surface area contributed by atoms with Gasteiger partial charge in [0.05, 0.1) is 25.0 Å². The van der Waals surface area contributed by atoms with Crippen LogP contribution in [0.1, 0.15) is 32.6 Å². The molecule has 0 aliphatic carbocycles. The summed E-state index contributed by atoms with van der Waals surface area (Å²) >= 11 is 0. The first kappa shape index (κ1) is 31.0. The molecule has 0 bridgehead atoms. The van der Waals surface area contributed by atoms with Crippen molar-refractivity contribution in [3.8, 4) is 0 Å². The fourth-order valence-electron chi connectivity index (χ4n) is 2.61. The fourth-order valence-corrected chi connectivity index (χ4v) is 2.61. The molecule has 0 fully saturated rings. The van der Waals surface area contributed by atoms with Gasteiger partial charge in [0.1, 0.15) is 18.1 Å². The lowest BCUT2D eigenvalue weighted by atomic mass is 10.1. The number of aliphatic hydroxyl groups excluding tert-OH is 1. The number of carboxylic acids is 3. The SMILES string of the molecule is CC(O)C(NC(=O)C(N)CCCN=C(N)N)C(=O)NC(CC(=O)O)C(=O)NC(CC(=O)O)C(=O)O. The van der Waals surface area contributed by atoms with Crippen molar-refractivity contribution in [2.24, 2.45) is 22.2 Å². The van der Waals surface area contributed by atoms with Gasteiger partial charge < -0.3 is 53.6 Å². The highest BCUT2D eigenvalue weighted by Crippen LogP contribution is 2.03. The highest BCUT2D eigenvalue weighted by atomic mass is 16.4. The lowest BCUT2D eigenvalue weighted by Gasteiger charge is -2.25. The van der Waals surface area contributed by atoms with Crippen LogP contribution in [0.3, 0.4) is 0 Å². The summed E-state index contributed by atoms with van der Waals surface area (Å²) in [6.45, 7) is 1.32. The van der Waals surface area contributed by atoms with Crippen LogP contribution in [-0.4, -0.2) is 98.8 Å². The molecular weight excluding hydrogens is 474 g/mol. The van der Waals surface area contributed by atoms with Crippen LogP contribution in [0.15, 0.2) is 4.99 Å². The number of aliphatic carboxylic acids is 3. The highest BCUT2D eigenvalue weighted by molar-refractivity contribution is 5.96. The molecule has 0 aromatic carbocycles. The van der Waals surface area contributed by atoms with Crippen LogP contribution in [-0.2, 0) is 28.8 Å². The second-order valence-corrected chi connectivity index (χ2v) is 7.44. The van der Waals surface area contributed by atoms with Crippen LogP contribution < -0.4 is 33.2 Å². The number of nitrogens with two attached hydrogens (primary N) is 3. The summed E-state index contributed by atoms with van der Waals surface area (Å²) < 4.78 is 0. The van der Waals surface area contributed by atoms with E-state index in [-0.39, 0.29) is 18.9 Å². The van der Waals surface area contributed by atoms with Gasteiger partial charge in [-0.25, -0.2) is 4.79 Å². The number of hydrogen-bond donors (Lipinski definition) is 10. The van der Waals surface area contributed by atoms with Crippen LogP contribution in [0.5, 0.6) is 0 Å². The van der Waals surface area contributed by atoms with Gasteiger partial charge in [-0.2, -0.15) is 0 Å². The summed E-state index contributed by atoms with van der Waals surface area (Å²) in [5.74, 6) is -8.29. The molecule has 0 aliphatic heterocycles. The van der Waals surface area contributed by atoms with E-state index in [1.807, 2.05) is 10.6 Å². The van der Waals surface area contributed by atoms with Gasteiger partial charge in [0.15, 0.2) is 5.96 Å². The number of nitrogens with zero attached hydrogens (tertiary/aromatic N) is 1. The third-order valence-corrected chi connectivity index (χ3v) is 4.37. The molecule has 5 unspecified atom stereocenters. The molecule has 3 amide bonds. The smallest absolute Gasteiger partial charge is 0.326 e. The van der Waals surface area contributed by atoms with Crippen LogP contribution in [0.25, 0.3) is 0 Å². The van der Waals surface area contributed by atoms with E-state index < -0.39 is 78.7 Å². The zero-order chi connectivity index (χ0) is 27.3. The second kappa shape index (κ2) is 15.0. The van der Waals surface area contributed by atoms with Crippen molar-refractivity contribution < 1.29 is 49.2 Å². The minimum atomic E-state index is -1.91. The van der Waals surface area contributed by atoms with Gasteiger partial charge in [-0.3, -0.25) is 29.0 Å². The predicted molar refractivity (Wildman–Crippen MR) is 118 cm³/mol. The monoisotopic (exact) mass is 505 g/mol. The summed E-state index contributed by atoms with van der Waals surface area (Å²) in [5, 5.41) is 42.8. The van der Waals surface area contributed by atoms with Crippen LogP contribution in [0, 0.1) is 0 Å². The molecule has 0 rings (SSSR count). The molecule has 0 aromatic rings. The summed E-state index contributed by atoms with van der Waals surface area (Å²) in [7, 11) is 0. The first-order valence-electron chi connectivity index (χ1n) is 10.2. The minimum absolute atomic E-state index is 0.112. The molecule has 5 atom stereocenters. The Balaban J connectivity index is 5.35. The van der Waals surface area contributed by atoms with Gasteiger partial charge in [0.2, 0.25) is 17.7 Å². The zero-order valence-corrected chi connectivity index (χ0v) is 18.8. The lowest BCUT2D eigenvalue weighted by Crippen LogP contribution is -2.60. The number of rotatable bonds is 16. The Morgan fingerprint density at radius 3 is 1.80 bits per heavy atom. The zero-order valence-electron chi connectivity index (χ0n) is 18.8. The average molecular weight is 505 g/mol. The van der Waals surface area contributed by atoms with Crippen molar-refractivity contribution in [3.05, 3.63) is 0 Å². The van der Waals surface area contributed by atoms with Crippen molar-refractivity contribution in [2.75, 3.05) is 6.54 Å². The average Bonchev–Trinajstić information content (AvgIpc) is 2.72. The van der Waals surface area contributed by atoms with Crippen molar-refractivity contribution in [1.29, 1.82) is 0 Å². The molecule has 35 heavy (non-hydrogen) atoms. The first-order chi connectivity index (χ1) is 16.1. The Morgan fingerprint density at radius 2 is 1.34 bits per heavy atom. The van der Waals surface area contributed by atoms with E-state index in [0.29, 0.717) is 6.42 Å². The number of aliphatic hydroxyl groups is 1. The molecule has 0 radical (unpaired) electrons. The van der Waals surface area contributed by atoms with Gasteiger partial charge >= 0.3 is 17.9 Å². The molecule has 198 valence electrons. The maximum absolute atomic E-state index is 12.6. The summed E-state index contributed by atoms with van der Waals surface area (Å²) in [6.07, 6.45) is -3.11. The van der Waals surface area contributed by atoms with Gasteiger partial charge in [-0.15, -0.1) is 0 Å². The van der Waals surface area contributed by atoms with Crippen molar-refractivity contribution in [2.45, 2.75) is 62.9 Å². The Kier molecular flexibility index (Phi) is 13.3.